The van der Waals surface area contributed by atoms with E-state index in [4.69, 9.17) is 4.74 Å². The van der Waals surface area contributed by atoms with E-state index in [9.17, 15) is 9.90 Å². The molecular formula is C30H40N2O3. The number of hydrogen-bond donors (Lipinski definition) is 1. The van der Waals surface area contributed by atoms with Crippen LogP contribution in [0.25, 0.3) is 0 Å². The highest BCUT2D eigenvalue weighted by Gasteiger charge is 2.43. The first-order chi connectivity index (χ1) is 17.1. The van der Waals surface area contributed by atoms with Gasteiger partial charge < -0.3 is 14.7 Å². The number of aliphatic hydroxyl groups excluding tert-OH is 1. The third-order valence-corrected chi connectivity index (χ3v) is 7.96. The van der Waals surface area contributed by atoms with Gasteiger partial charge in [-0.2, -0.15) is 0 Å². The van der Waals surface area contributed by atoms with E-state index in [1.807, 2.05) is 12.1 Å². The van der Waals surface area contributed by atoms with Gasteiger partial charge >= 0.3 is 0 Å². The Morgan fingerprint density at radius 3 is 2.63 bits per heavy atom. The molecule has 5 nitrogen and oxygen atoms in total. The molecule has 3 aliphatic heterocycles. The van der Waals surface area contributed by atoms with Gasteiger partial charge in [0.15, 0.2) is 0 Å². The van der Waals surface area contributed by atoms with E-state index in [0.29, 0.717) is 19.4 Å². The average molecular weight is 477 g/mol. The summed E-state index contributed by atoms with van der Waals surface area (Å²) in [5.74, 6) is 1.00. The summed E-state index contributed by atoms with van der Waals surface area (Å²) in [6.07, 6.45) is 8.48. The molecule has 3 aliphatic rings. The molecule has 4 bridgehead atoms. The largest absolute Gasteiger partial charge is 0.493 e. The fraction of sp³-hybridized carbons (Fsp3) is 0.567. The topological polar surface area (TPSA) is 53.0 Å². The van der Waals surface area contributed by atoms with E-state index in [2.05, 4.69) is 47.1 Å². The number of aliphatic hydroxyl groups is 1. The molecule has 0 saturated carbocycles. The lowest BCUT2D eigenvalue weighted by Gasteiger charge is -2.37. The van der Waals surface area contributed by atoms with Crippen LogP contribution in [-0.2, 0) is 13.0 Å². The van der Waals surface area contributed by atoms with Crippen LogP contribution >= 0.6 is 0 Å². The van der Waals surface area contributed by atoms with E-state index < -0.39 is 0 Å². The molecule has 0 aliphatic carbocycles. The van der Waals surface area contributed by atoms with Crippen molar-refractivity contribution in [1.29, 1.82) is 0 Å². The van der Waals surface area contributed by atoms with Crippen LogP contribution in [-0.4, -0.2) is 58.7 Å². The second kappa shape index (κ2) is 11.1. The van der Waals surface area contributed by atoms with Gasteiger partial charge in [-0.1, -0.05) is 31.2 Å². The lowest BCUT2D eigenvalue weighted by molar-refractivity contribution is 0.0287. The Morgan fingerprint density at radius 1 is 1.03 bits per heavy atom. The van der Waals surface area contributed by atoms with Gasteiger partial charge in [0, 0.05) is 30.6 Å². The minimum Gasteiger partial charge on any atom is -0.493 e. The molecule has 5 heteroatoms. The molecule has 2 aromatic carbocycles. The van der Waals surface area contributed by atoms with Gasteiger partial charge in [-0.15, -0.1) is 0 Å². The smallest absolute Gasteiger partial charge is 0.254 e. The van der Waals surface area contributed by atoms with Crippen LogP contribution in [0.4, 0.5) is 0 Å². The first kappa shape index (κ1) is 24.3. The zero-order chi connectivity index (χ0) is 24.2. The summed E-state index contributed by atoms with van der Waals surface area (Å²) in [4.78, 5) is 18.2. The molecule has 1 amide bonds. The van der Waals surface area contributed by atoms with Crippen molar-refractivity contribution in [3.63, 3.8) is 0 Å². The first-order valence-electron chi connectivity index (χ1n) is 13.7. The highest BCUT2D eigenvalue weighted by atomic mass is 16.5. The van der Waals surface area contributed by atoms with Gasteiger partial charge in [0.2, 0.25) is 0 Å². The minimum atomic E-state index is -0.268. The summed E-state index contributed by atoms with van der Waals surface area (Å²) in [6, 6.07) is 15.2. The number of carbonyl (C=O) groups is 1. The van der Waals surface area contributed by atoms with Gasteiger partial charge in [-0.25, -0.2) is 0 Å². The first-order valence-corrected chi connectivity index (χ1v) is 13.7. The van der Waals surface area contributed by atoms with Crippen molar-refractivity contribution in [1.82, 2.24) is 9.80 Å². The lowest BCUT2D eigenvalue weighted by atomic mass is 9.96. The second-order valence-electron chi connectivity index (χ2n) is 10.7. The third kappa shape index (κ3) is 5.73. The quantitative estimate of drug-likeness (QED) is 0.663. The molecule has 1 N–H and O–H groups in total. The summed E-state index contributed by atoms with van der Waals surface area (Å²) in [6.45, 7) is 6.22. The minimum absolute atomic E-state index is 0.107. The molecule has 35 heavy (non-hydrogen) atoms. The maximum Gasteiger partial charge on any atom is 0.254 e. The van der Waals surface area contributed by atoms with Gasteiger partial charge in [0.25, 0.3) is 5.91 Å². The number of fused-ring (bicyclic) bond motifs is 5. The molecule has 2 saturated heterocycles. The van der Waals surface area contributed by atoms with E-state index in [0.717, 1.165) is 68.6 Å². The summed E-state index contributed by atoms with van der Waals surface area (Å²) in [5.41, 5.74) is 4.43. The van der Waals surface area contributed by atoms with Gasteiger partial charge in [0.05, 0.1) is 12.7 Å². The van der Waals surface area contributed by atoms with Gasteiger partial charge in [-0.3, -0.25) is 9.69 Å². The molecule has 2 aromatic rings. The highest BCUT2D eigenvalue weighted by Crippen LogP contribution is 2.37. The monoisotopic (exact) mass is 476 g/mol. The molecule has 2 atom stereocenters. The number of piperidine rings is 1. The zero-order valence-corrected chi connectivity index (χ0v) is 21.1. The van der Waals surface area contributed by atoms with Crippen LogP contribution in [0, 0.1) is 0 Å². The van der Waals surface area contributed by atoms with Crippen LogP contribution in [0.15, 0.2) is 42.5 Å². The standard InChI is InChI=1S/C30H40N2O3/c1-2-13-31-14-4-3-5-15-35-29-12-9-24(18-25(29)17-22-7-6-8-23(16-22)21-31)30(34)32-26-10-11-27(32)20-28(33)19-26/h6-9,12,16,18,26-28,33H,2-5,10-11,13-15,17,19-21H2,1H3. The Balaban J connectivity index is 1.41. The number of nitrogens with zero attached hydrogens (tertiary/aromatic N) is 2. The lowest BCUT2D eigenvalue weighted by Crippen LogP contribution is -2.48. The summed E-state index contributed by atoms with van der Waals surface area (Å²) < 4.78 is 6.26. The second-order valence-corrected chi connectivity index (χ2v) is 10.7. The van der Waals surface area contributed by atoms with E-state index >= 15 is 0 Å². The molecule has 5 rings (SSSR count). The Labute approximate surface area is 210 Å². The Hall–Kier alpha value is -2.37. The average Bonchev–Trinajstić information content (AvgIpc) is 3.12. The van der Waals surface area contributed by atoms with Crippen molar-refractivity contribution < 1.29 is 14.6 Å². The number of ether oxygens (including phenoxy) is 1. The third-order valence-electron chi connectivity index (χ3n) is 7.96. The van der Waals surface area contributed by atoms with Crippen LogP contribution in [0.1, 0.15) is 85.3 Å². The van der Waals surface area contributed by atoms with Crippen LogP contribution < -0.4 is 4.74 Å². The van der Waals surface area contributed by atoms with Crippen molar-refractivity contribution in [3.05, 3.63) is 64.7 Å². The fourth-order valence-electron chi connectivity index (χ4n) is 6.32. The predicted octanol–water partition coefficient (Wildman–Crippen LogP) is 5.18. The number of hydrogen-bond acceptors (Lipinski definition) is 4. The number of amides is 1. The molecule has 0 spiro atoms. The van der Waals surface area contributed by atoms with Crippen LogP contribution in [0.5, 0.6) is 5.75 Å². The fourth-order valence-corrected chi connectivity index (χ4v) is 6.32. The van der Waals surface area contributed by atoms with Crippen molar-refractivity contribution in [2.75, 3.05) is 19.7 Å². The highest BCUT2D eigenvalue weighted by molar-refractivity contribution is 5.95. The van der Waals surface area contributed by atoms with Crippen molar-refractivity contribution in [3.8, 4) is 5.75 Å². The van der Waals surface area contributed by atoms with Crippen LogP contribution in [0.3, 0.4) is 0 Å². The maximum atomic E-state index is 13.6. The Morgan fingerprint density at radius 2 is 1.83 bits per heavy atom. The van der Waals surface area contributed by atoms with E-state index in [1.165, 1.54) is 24.0 Å². The van der Waals surface area contributed by atoms with Gasteiger partial charge in [-0.05, 0) is 99.3 Å². The van der Waals surface area contributed by atoms with Crippen molar-refractivity contribution >= 4 is 5.91 Å². The summed E-state index contributed by atoms with van der Waals surface area (Å²) in [7, 11) is 0. The van der Waals surface area contributed by atoms with E-state index in [1.54, 1.807) is 0 Å². The molecule has 0 radical (unpaired) electrons. The SMILES string of the molecule is CCCN1CCCCCOc2ccc(C(=O)N3C4CCC3CC(O)C4)cc2Cc2cccc(c2)C1. The number of rotatable bonds is 3. The molecule has 2 fully saturated rings. The molecule has 188 valence electrons. The summed E-state index contributed by atoms with van der Waals surface area (Å²) in [5, 5.41) is 10.2. The van der Waals surface area contributed by atoms with E-state index in [-0.39, 0.29) is 24.1 Å². The summed E-state index contributed by atoms with van der Waals surface area (Å²) >= 11 is 0. The predicted molar refractivity (Wildman–Crippen MR) is 139 cm³/mol. The maximum absolute atomic E-state index is 13.6. The van der Waals surface area contributed by atoms with Gasteiger partial charge in [0.1, 0.15) is 5.75 Å². The molecule has 0 aromatic heterocycles. The zero-order valence-electron chi connectivity index (χ0n) is 21.1. The van der Waals surface area contributed by atoms with Crippen molar-refractivity contribution in [2.45, 2.75) is 89.4 Å². The normalized spacial score (nSPS) is 25.4. The number of carbonyl (C=O) groups excluding carboxylic acids is 1. The molecule has 3 heterocycles. The molecular weight excluding hydrogens is 436 g/mol. The van der Waals surface area contributed by atoms with Crippen LogP contribution in [0.2, 0.25) is 0 Å². The number of benzene rings is 2. The Bertz CT molecular complexity index is 1010. The molecule has 2 unspecified atom stereocenters. The van der Waals surface area contributed by atoms with Crippen molar-refractivity contribution in [2.24, 2.45) is 0 Å². The Kier molecular flexibility index (Phi) is 7.74.